The molecule has 0 bridgehead atoms. The highest BCUT2D eigenvalue weighted by molar-refractivity contribution is 5.52. The van der Waals surface area contributed by atoms with E-state index in [1.54, 1.807) is 12.1 Å². The monoisotopic (exact) mass is 244 g/mol. The van der Waals surface area contributed by atoms with Gasteiger partial charge in [0.25, 0.3) is 0 Å². The van der Waals surface area contributed by atoms with Crippen LogP contribution in [0.1, 0.15) is 16.7 Å². The summed E-state index contributed by atoms with van der Waals surface area (Å²) >= 11 is 0. The number of nitrogens with one attached hydrogen (secondary N) is 1. The van der Waals surface area contributed by atoms with Gasteiger partial charge in [-0.25, -0.2) is 4.39 Å². The molecule has 0 saturated heterocycles. The molecule has 0 aliphatic heterocycles. The summed E-state index contributed by atoms with van der Waals surface area (Å²) in [5.74, 6) is -0.388. The summed E-state index contributed by atoms with van der Waals surface area (Å²) in [4.78, 5) is 0. The van der Waals surface area contributed by atoms with E-state index in [4.69, 9.17) is 5.73 Å². The highest BCUT2D eigenvalue weighted by Gasteiger charge is 2.01. The highest BCUT2D eigenvalue weighted by atomic mass is 19.1. The fraction of sp³-hybridized carbons (Fsp3) is 0.200. The van der Waals surface area contributed by atoms with Gasteiger partial charge in [0, 0.05) is 12.2 Å². The minimum absolute atomic E-state index is 0.173. The molecular formula is C15H17FN2. The van der Waals surface area contributed by atoms with Gasteiger partial charge < -0.3 is 11.1 Å². The summed E-state index contributed by atoms with van der Waals surface area (Å²) in [6, 6.07) is 11.1. The van der Waals surface area contributed by atoms with Crippen molar-refractivity contribution in [1.29, 1.82) is 0 Å². The average Bonchev–Trinajstić information content (AvgIpc) is 2.32. The number of hydrogen-bond donors (Lipinski definition) is 2. The highest BCUT2D eigenvalue weighted by Crippen LogP contribution is 2.18. The van der Waals surface area contributed by atoms with Crippen molar-refractivity contribution in [1.82, 2.24) is 0 Å². The van der Waals surface area contributed by atoms with Crippen molar-refractivity contribution in [2.24, 2.45) is 0 Å². The van der Waals surface area contributed by atoms with E-state index in [2.05, 4.69) is 37.4 Å². The predicted molar refractivity (Wildman–Crippen MR) is 74.1 cm³/mol. The number of anilines is 2. The lowest BCUT2D eigenvalue weighted by Gasteiger charge is -2.10. The van der Waals surface area contributed by atoms with E-state index < -0.39 is 0 Å². The summed E-state index contributed by atoms with van der Waals surface area (Å²) in [5.41, 5.74) is 10.0. The van der Waals surface area contributed by atoms with Gasteiger partial charge in [-0.15, -0.1) is 0 Å². The van der Waals surface area contributed by atoms with Gasteiger partial charge in [-0.3, -0.25) is 0 Å². The number of aryl methyl sites for hydroxylation is 2. The third kappa shape index (κ3) is 2.80. The van der Waals surface area contributed by atoms with E-state index in [1.165, 1.54) is 22.8 Å². The van der Waals surface area contributed by atoms with Crippen LogP contribution < -0.4 is 11.1 Å². The molecule has 0 heterocycles. The van der Waals surface area contributed by atoms with Gasteiger partial charge in [0.1, 0.15) is 5.82 Å². The average molecular weight is 244 g/mol. The Labute approximate surface area is 107 Å². The number of benzene rings is 2. The predicted octanol–water partition coefficient (Wildman–Crippen LogP) is 3.64. The number of hydrogen-bond acceptors (Lipinski definition) is 2. The molecule has 0 unspecified atom stereocenters. The fourth-order valence-corrected chi connectivity index (χ4v) is 1.88. The maximum absolute atomic E-state index is 13.3. The molecule has 0 spiro atoms. The van der Waals surface area contributed by atoms with Crippen molar-refractivity contribution in [3.63, 3.8) is 0 Å². The van der Waals surface area contributed by atoms with E-state index in [9.17, 15) is 4.39 Å². The smallest absolute Gasteiger partial charge is 0.148 e. The summed E-state index contributed by atoms with van der Waals surface area (Å²) in [7, 11) is 0. The van der Waals surface area contributed by atoms with E-state index in [0.717, 1.165) is 5.69 Å². The van der Waals surface area contributed by atoms with Crippen LogP contribution in [0.3, 0.4) is 0 Å². The molecule has 2 rings (SSSR count). The van der Waals surface area contributed by atoms with Gasteiger partial charge in [-0.2, -0.15) is 0 Å². The topological polar surface area (TPSA) is 38.0 Å². The van der Waals surface area contributed by atoms with Gasteiger partial charge in [0.2, 0.25) is 0 Å². The first-order valence-corrected chi connectivity index (χ1v) is 5.91. The maximum Gasteiger partial charge on any atom is 0.148 e. The third-order valence-electron chi connectivity index (χ3n) is 2.98. The molecule has 3 heteroatoms. The van der Waals surface area contributed by atoms with Crippen molar-refractivity contribution >= 4 is 11.4 Å². The molecule has 0 atom stereocenters. The van der Waals surface area contributed by atoms with Crippen molar-refractivity contribution in [3.8, 4) is 0 Å². The second kappa shape index (κ2) is 5.08. The lowest BCUT2D eigenvalue weighted by Crippen LogP contribution is -2.02. The number of rotatable bonds is 3. The lowest BCUT2D eigenvalue weighted by atomic mass is 10.1. The molecule has 94 valence electrons. The SMILES string of the molecule is Cc1ccc(CNc2ccc(N)c(F)c2)c(C)c1. The van der Waals surface area contributed by atoms with E-state index >= 15 is 0 Å². The van der Waals surface area contributed by atoms with Crippen molar-refractivity contribution in [3.05, 3.63) is 58.9 Å². The van der Waals surface area contributed by atoms with Crippen LogP contribution in [0.25, 0.3) is 0 Å². The van der Waals surface area contributed by atoms with Crippen LogP contribution in [0.2, 0.25) is 0 Å². The fourth-order valence-electron chi connectivity index (χ4n) is 1.88. The first kappa shape index (κ1) is 12.4. The van der Waals surface area contributed by atoms with Gasteiger partial charge in [-0.05, 0) is 43.2 Å². The summed E-state index contributed by atoms with van der Waals surface area (Å²) in [6.07, 6.45) is 0. The summed E-state index contributed by atoms with van der Waals surface area (Å²) in [5, 5.41) is 3.19. The Kier molecular flexibility index (Phi) is 3.51. The number of nitrogen functional groups attached to an aromatic ring is 1. The summed E-state index contributed by atoms with van der Waals surface area (Å²) in [6.45, 7) is 4.82. The van der Waals surface area contributed by atoms with Crippen molar-refractivity contribution < 1.29 is 4.39 Å². The van der Waals surface area contributed by atoms with Crippen LogP contribution in [0.15, 0.2) is 36.4 Å². The molecular weight excluding hydrogens is 227 g/mol. The second-order valence-corrected chi connectivity index (χ2v) is 4.52. The molecule has 2 aromatic rings. The van der Waals surface area contributed by atoms with Crippen LogP contribution in [0.5, 0.6) is 0 Å². The zero-order valence-corrected chi connectivity index (χ0v) is 10.6. The van der Waals surface area contributed by atoms with Gasteiger partial charge in [0.15, 0.2) is 0 Å². The number of nitrogens with two attached hydrogens (primary N) is 1. The first-order chi connectivity index (χ1) is 8.56. The Bertz CT molecular complexity index is 564. The molecule has 0 radical (unpaired) electrons. The standard InChI is InChI=1S/C15H17FN2/c1-10-3-4-12(11(2)7-10)9-18-13-5-6-15(17)14(16)8-13/h3-8,18H,9,17H2,1-2H3. The molecule has 0 aromatic heterocycles. The normalized spacial score (nSPS) is 10.4. The minimum Gasteiger partial charge on any atom is -0.396 e. The van der Waals surface area contributed by atoms with Gasteiger partial charge >= 0.3 is 0 Å². The van der Waals surface area contributed by atoms with Gasteiger partial charge in [-0.1, -0.05) is 23.8 Å². The molecule has 3 N–H and O–H groups in total. The second-order valence-electron chi connectivity index (χ2n) is 4.52. The Hall–Kier alpha value is -2.03. The Morgan fingerprint density at radius 1 is 1.11 bits per heavy atom. The van der Waals surface area contributed by atoms with Crippen LogP contribution in [-0.2, 0) is 6.54 Å². The quantitative estimate of drug-likeness (QED) is 0.809. The van der Waals surface area contributed by atoms with E-state index in [1.807, 2.05) is 0 Å². The zero-order chi connectivity index (χ0) is 13.1. The number of halogens is 1. The lowest BCUT2D eigenvalue weighted by molar-refractivity contribution is 0.633. The van der Waals surface area contributed by atoms with Crippen molar-refractivity contribution in [2.45, 2.75) is 20.4 Å². The zero-order valence-electron chi connectivity index (χ0n) is 10.6. The summed E-state index contributed by atoms with van der Waals surface area (Å²) < 4.78 is 13.3. The van der Waals surface area contributed by atoms with Crippen LogP contribution in [0.4, 0.5) is 15.8 Å². The van der Waals surface area contributed by atoms with Crippen LogP contribution in [0, 0.1) is 19.7 Å². The minimum atomic E-state index is -0.388. The van der Waals surface area contributed by atoms with E-state index in [0.29, 0.717) is 6.54 Å². The third-order valence-corrected chi connectivity index (χ3v) is 2.98. The van der Waals surface area contributed by atoms with Crippen molar-refractivity contribution in [2.75, 3.05) is 11.1 Å². The van der Waals surface area contributed by atoms with Crippen LogP contribution in [-0.4, -0.2) is 0 Å². The van der Waals surface area contributed by atoms with Gasteiger partial charge in [0.05, 0.1) is 5.69 Å². The molecule has 2 nitrogen and oxygen atoms in total. The molecule has 0 aliphatic carbocycles. The Balaban J connectivity index is 2.09. The van der Waals surface area contributed by atoms with Crippen LogP contribution >= 0.6 is 0 Å². The largest absolute Gasteiger partial charge is 0.396 e. The Morgan fingerprint density at radius 2 is 1.89 bits per heavy atom. The molecule has 2 aromatic carbocycles. The molecule has 0 aliphatic rings. The molecule has 0 saturated carbocycles. The Morgan fingerprint density at radius 3 is 2.56 bits per heavy atom. The molecule has 0 amide bonds. The first-order valence-electron chi connectivity index (χ1n) is 5.91. The molecule has 18 heavy (non-hydrogen) atoms. The molecule has 0 fully saturated rings. The van der Waals surface area contributed by atoms with E-state index in [-0.39, 0.29) is 11.5 Å². The maximum atomic E-state index is 13.3.